The molecule has 0 aliphatic carbocycles. The van der Waals surface area contributed by atoms with Crippen LogP contribution in [0.2, 0.25) is 0 Å². The minimum Gasteiger partial charge on any atom is -0.341 e. The lowest BCUT2D eigenvalue weighted by atomic mass is 9.97. The molecule has 1 unspecified atom stereocenters. The fourth-order valence-electron chi connectivity index (χ4n) is 4.16. The first-order valence-electron chi connectivity index (χ1n) is 9.21. The van der Waals surface area contributed by atoms with Crippen molar-refractivity contribution in [2.24, 2.45) is 0 Å². The van der Waals surface area contributed by atoms with Crippen molar-refractivity contribution < 1.29 is 8.78 Å². The number of nitrogens with zero attached hydrogens (tertiary/aromatic N) is 2. The van der Waals surface area contributed by atoms with E-state index in [0.717, 1.165) is 42.1 Å². The summed E-state index contributed by atoms with van der Waals surface area (Å²) in [5, 5.41) is 0.723. The van der Waals surface area contributed by atoms with Gasteiger partial charge in [0.05, 0.1) is 5.52 Å². The molecule has 3 aromatic rings. The van der Waals surface area contributed by atoms with Crippen LogP contribution in [0.15, 0.2) is 36.4 Å². The lowest BCUT2D eigenvalue weighted by Gasteiger charge is -2.31. The first-order chi connectivity index (χ1) is 12.5. The van der Waals surface area contributed by atoms with E-state index in [-0.39, 0.29) is 6.04 Å². The van der Waals surface area contributed by atoms with E-state index in [1.807, 2.05) is 0 Å². The van der Waals surface area contributed by atoms with E-state index in [2.05, 4.69) is 54.6 Å². The quantitative estimate of drug-likeness (QED) is 0.641. The number of hydrogen-bond acceptors (Lipinski definition) is 1. The molecule has 0 saturated carbocycles. The number of fused-ring (bicyclic) bond motifs is 3. The van der Waals surface area contributed by atoms with Crippen molar-refractivity contribution in [2.45, 2.75) is 39.3 Å². The summed E-state index contributed by atoms with van der Waals surface area (Å²) in [5.41, 5.74) is 5.24. The van der Waals surface area contributed by atoms with Crippen molar-refractivity contribution in [1.82, 2.24) is 9.47 Å². The summed E-state index contributed by atoms with van der Waals surface area (Å²) >= 11 is 0. The Hall–Kier alpha value is -2.20. The highest BCUT2D eigenvalue weighted by molar-refractivity contribution is 5.87. The van der Waals surface area contributed by atoms with Crippen molar-refractivity contribution >= 4 is 10.9 Å². The van der Waals surface area contributed by atoms with Crippen LogP contribution in [0.25, 0.3) is 10.9 Å². The van der Waals surface area contributed by atoms with Crippen LogP contribution in [-0.4, -0.2) is 23.1 Å². The van der Waals surface area contributed by atoms with Crippen LogP contribution in [0.4, 0.5) is 8.78 Å². The Morgan fingerprint density at radius 2 is 1.85 bits per heavy atom. The standard InChI is InChI=1S/C22H24F2N2/c1-14-4-6-16(7-5-14)8-11-26-20-9-10-25(3)15(2)21(20)18-12-17(23)13-19(24)22(18)26/h4-7,12-13,15H,8-11H2,1-3H3. The van der Waals surface area contributed by atoms with Crippen molar-refractivity contribution in [3.05, 3.63) is 70.4 Å². The lowest BCUT2D eigenvalue weighted by Crippen LogP contribution is -2.31. The van der Waals surface area contributed by atoms with E-state index in [9.17, 15) is 8.78 Å². The maximum atomic E-state index is 14.7. The van der Waals surface area contributed by atoms with Gasteiger partial charge >= 0.3 is 0 Å². The molecule has 0 fully saturated rings. The number of aryl methyl sites for hydroxylation is 3. The molecule has 136 valence electrons. The largest absolute Gasteiger partial charge is 0.341 e. The average Bonchev–Trinajstić information content (AvgIpc) is 2.92. The molecular weight excluding hydrogens is 330 g/mol. The monoisotopic (exact) mass is 354 g/mol. The summed E-state index contributed by atoms with van der Waals surface area (Å²) in [7, 11) is 2.07. The van der Waals surface area contributed by atoms with Gasteiger partial charge < -0.3 is 4.57 Å². The van der Waals surface area contributed by atoms with Crippen LogP contribution >= 0.6 is 0 Å². The molecule has 4 rings (SSSR count). The van der Waals surface area contributed by atoms with Gasteiger partial charge in [0, 0.05) is 42.7 Å². The zero-order chi connectivity index (χ0) is 18.4. The molecule has 0 saturated heterocycles. The molecule has 0 spiro atoms. The van der Waals surface area contributed by atoms with E-state index >= 15 is 0 Å². The maximum Gasteiger partial charge on any atom is 0.150 e. The predicted octanol–water partition coefficient (Wildman–Crippen LogP) is 5.02. The van der Waals surface area contributed by atoms with Gasteiger partial charge in [-0.3, -0.25) is 4.90 Å². The SMILES string of the molecule is Cc1ccc(CCn2c3c(c4cc(F)cc(F)c42)C(C)N(C)CC3)cc1. The molecule has 2 nitrogen and oxygen atoms in total. The maximum absolute atomic E-state index is 14.7. The molecular formula is C22H24F2N2. The van der Waals surface area contributed by atoms with E-state index < -0.39 is 11.6 Å². The second kappa shape index (κ2) is 6.51. The topological polar surface area (TPSA) is 8.17 Å². The molecule has 1 aliphatic heterocycles. The zero-order valence-electron chi connectivity index (χ0n) is 15.5. The number of hydrogen-bond donors (Lipinski definition) is 0. The van der Waals surface area contributed by atoms with Crippen LogP contribution < -0.4 is 0 Å². The highest BCUT2D eigenvalue weighted by Crippen LogP contribution is 2.38. The molecule has 0 amide bonds. The van der Waals surface area contributed by atoms with Crippen LogP contribution in [0.3, 0.4) is 0 Å². The third kappa shape index (κ3) is 2.82. The Balaban J connectivity index is 1.82. The second-order valence-electron chi connectivity index (χ2n) is 7.44. The van der Waals surface area contributed by atoms with E-state index in [1.165, 1.54) is 17.2 Å². The van der Waals surface area contributed by atoms with Crippen molar-refractivity contribution in [1.29, 1.82) is 0 Å². The van der Waals surface area contributed by atoms with Gasteiger partial charge in [-0.15, -0.1) is 0 Å². The van der Waals surface area contributed by atoms with Gasteiger partial charge in [0.2, 0.25) is 0 Å². The van der Waals surface area contributed by atoms with Crippen LogP contribution in [0.5, 0.6) is 0 Å². The summed E-state index contributed by atoms with van der Waals surface area (Å²) in [6.45, 7) is 5.82. The number of halogens is 2. The van der Waals surface area contributed by atoms with Crippen LogP contribution in [-0.2, 0) is 19.4 Å². The smallest absolute Gasteiger partial charge is 0.150 e. The Kier molecular flexibility index (Phi) is 4.31. The van der Waals surface area contributed by atoms with E-state index in [1.54, 1.807) is 0 Å². The Morgan fingerprint density at radius 3 is 2.58 bits per heavy atom. The molecule has 1 atom stereocenters. The molecule has 4 heteroatoms. The van der Waals surface area contributed by atoms with E-state index in [0.29, 0.717) is 12.1 Å². The first kappa shape index (κ1) is 17.2. The van der Waals surface area contributed by atoms with Crippen molar-refractivity contribution in [2.75, 3.05) is 13.6 Å². The number of aromatic nitrogens is 1. The molecule has 2 heterocycles. The van der Waals surface area contributed by atoms with Crippen molar-refractivity contribution in [3.63, 3.8) is 0 Å². The first-order valence-corrected chi connectivity index (χ1v) is 9.21. The lowest BCUT2D eigenvalue weighted by molar-refractivity contribution is 0.245. The van der Waals surface area contributed by atoms with Gasteiger partial charge in [-0.05, 0) is 44.5 Å². The fraction of sp³-hybridized carbons (Fsp3) is 0.364. The minimum absolute atomic E-state index is 0.156. The third-order valence-corrected chi connectivity index (χ3v) is 5.75. The molecule has 1 aliphatic rings. The second-order valence-corrected chi connectivity index (χ2v) is 7.44. The molecule has 0 bridgehead atoms. The van der Waals surface area contributed by atoms with Crippen LogP contribution in [0.1, 0.15) is 35.3 Å². The summed E-state index contributed by atoms with van der Waals surface area (Å²) in [5.74, 6) is -0.970. The summed E-state index contributed by atoms with van der Waals surface area (Å²) < 4.78 is 30.7. The Labute approximate surface area is 153 Å². The Bertz CT molecular complexity index is 957. The van der Waals surface area contributed by atoms with Crippen molar-refractivity contribution in [3.8, 4) is 0 Å². The summed E-state index contributed by atoms with van der Waals surface area (Å²) in [4.78, 5) is 2.24. The van der Waals surface area contributed by atoms with E-state index in [4.69, 9.17) is 0 Å². The highest BCUT2D eigenvalue weighted by Gasteiger charge is 2.29. The molecule has 2 aromatic carbocycles. The third-order valence-electron chi connectivity index (χ3n) is 5.75. The van der Waals surface area contributed by atoms with Gasteiger partial charge in [0.1, 0.15) is 11.6 Å². The molecule has 0 N–H and O–H groups in total. The van der Waals surface area contributed by atoms with Crippen LogP contribution in [0, 0.1) is 18.6 Å². The normalized spacial score (nSPS) is 17.7. The van der Waals surface area contributed by atoms with Gasteiger partial charge in [-0.25, -0.2) is 8.78 Å². The summed E-state index contributed by atoms with van der Waals surface area (Å²) in [6.07, 6.45) is 1.69. The minimum atomic E-state index is -0.506. The summed E-state index contributed by atoms with van der Waals surface area (Å²) in [6, 6.07) is 11.1. The fourth-order valence-corrected chi connectivity index (χ4v) is 4.16. The van der Waals surface area contributed by atoms with Gasteiger partial charge in [-0.2, -0.15) is 0 Å². The zero-order valence-corrected chi connectivity index (χ0v) is 15.5. The highest BCUT2D eigenvalue weighted by atomic mass is 19.1. The molecule has 1 aromatic heterocycles. The van der Waals surface area contributed by atoms with Gasteiger partial charge in [0.25, 0.3) is 0 Å². The predicted molar refractivity (Wildman–Crippen MR) is 101 cm³/mol. The van der Waals surface area contributed by atoms with Gasteiger partial charge in [-0.1, -0.05) is 29.8 Å². The number of rotatable bonds is 3. The average molecular weight is 354 g/mol. The molecule has 0 radical (unpaired) electrons. The molecule has 26 heavy (non-hydrogen) atoms. The number of benzene rings is 2. The Morgan fingerprint density at radius 1 is 1.12 bits per heavy atom. The number of likely N-dealkylation sites (N-methyl/N-ethyl adjacent to an activating group) is 1. The van der Waals surface area contributed by atoms with Gasteiger partial charge in [0.15, 0.2) is 0 Å².